The van der Waals surface area contributed by atoms with Crippen LogP contribution in [0, 0.1) is 5.82 Å². The monoisotopic (exact) mass is 302 g/mol. The molecule has 0 bridgehead atoms. The molecule has 1 heterocycles. The third kappa shape index (κ3) is 2.74. The first kappa shape index (κ1) is 13.9. The lowest BCUT2D eigenvalue weighted by atomic mass is 10.3. The van der Waals surface area contributed by atoms with Gasteiger partial charge in [0.25, 0.3) is 10.0 Å². The van der Waals surface area contributed by atoms with Crippen LogP contribution in [0.3, 0.4) is 0 Å². The highest BCUT2D eigenvalue weighted by atomic mass is 35.5. The zero-order valence-electron chi connectivity index (χ0n) is 10.1. The van der Waals surface area contributed by atoms with Crippen molar-refractivity contribution in [1.82, 2.24) is 4.98 Å². The number of nitrogens with one attached hydrogen (secondary N) is 1. The normalized spacial score (nSPS) is 11.5. The van der Waals surface area contributed by atoms with Crippen LogP contribution in [0.1, 0.15) is 5.69 Å². The van der Waals surface area contributed by atoms with Gasteiger partial charge in [-0.15, -0.1) is 11.6 Å². The van der Waals surface area contributed by atoms with E-state index in [-0.39, 0.29) is 10.8 Å². The molecule has 19 heavy (non-hydrogen) atoms. The predicted octanol–water partition coefficient (Wildman–Crippen LogP) is 2.72. The van der Waals surface area contributed by atoms with Crippen LogP contribution < -0.4 is 4.31 Å². The van der Waals surface area contributed by atoms with Crippen LogP contribution in [-0.4, -0.2) is 20.4 Å². The van der Waals surface area contributed by atoms with Gasteiger partial charge in [-0.1, -0.05) is 0 Å². The number of benzene rings is 1. The van der Waals surface area contributed by atoms with Crippen molar-refractivity contribution in [3.8, 4) is 0 Å². The maximum absolute atomic E-state index is 12.8. The van der Waals surface area contributed by atoms with Gasteiger partial charge in [0.05, 0.1) is 11.6 Å². The first-order valence-corrected chi connectivity index (χ1v) is 7.40. The second-order valence-corrected chi connectivity index (χ2v) is 6.18. The lowest BCUT2D eigenvalue weighted by Crippen LogP contribution is -2.26. The highest BCUT2D eigenvalue weighted by molar-refractivity contribution is 7.92. The minimum absolute atomic E-state index is 0.120. The largest absolute Gasteiger partial charge is 0.363 e. The third-order valence-electron chi connectivity index (χ3n) is 2.71. The Kier molecular flexibility index (Phi) is 3.82. The Morgan fingerprint density at radius 3 is 2.47 bits per heavy atom. The molecule has 0 aliphatic carbocycles. The number of anilines is 1. The van der Waals surface area contributed by atoms with Crippen molar-refractivity contribution in [2.75, 3.05) is 11.4 Å². The van der Waals surface area contributed by atoms with Crippen molar-refractivity contribution in [2.24, 2.45) is 0 Å². The van der Waals surface area contributed by atoms with E-state index in [0.717, 1.165) is 4.31 Å². The molecule has 0 spiro atoms. The number of sulfonamides is 1. The van der Waals surface area contributed by atoms with E-state index < -0.39 is 15.8 Å². The minimum Gasteiger partial charge on any atom is -0.363 e. The van der Waals surface area contributed by atoms with E-state index in [1.54, 1.807) is 0 Å². The molecule has 4 nitrogen and oxygen atoms in total. The van der Waals surface area contributed by atoms with Gasteiger partial charge in [-0.3, -0.25) is 4.31 Å². The Morgan fingerprint density at radius 2 is 1.95 bits per heavy atom. The Bertz CT molecular complexity index is 667. The molecule has 0 atom stereocenters. The smallest absolute Gasteiger partial charge is 0.265 e. The molecule has 1 aromatic carbocycles. The van der Waals surface area contributed by atoms with E-state index in [4.69, 9.17) is 11.6 Å². The fraction of sp³-hybridized carbons (Fsp3) is 0.167. The molecule has 7 heteroatoms. The molecule has 2 rings (SSSR count). The summed E-state index contributed by atoms with van der Waals surface area (Å²) < 4.78 is 38.6. The van der Waals surface area contributed by atoms with Gasteiger partial charge in [0, 0.05) is 18.9 Å². The molecule has 1 aromatic heterocycles. The van der Waals surface area contributed by atoms with Crippen molar-refractivity contribution >= 4 is 27.3 Å². The number of nitrogens with zero attached hydrogens (tertiary/aromatic N) is 1. The molecule has 0 saturated carbocycles. The number of aromatic nitrogens is 1. The highest BCUT2D eigenvalue weighted by Gasteiger charge is 2.22. The van der Waals surface area contributed by atoms with Gasteiger partial charge in [-0.2, -0.15) is 0 Å². The number of hydrogen-bond donors (Lipinski definition) is 1. The molecule has 2 aromatic rings. The van der Waals surface area contributed by atoms with Crippen molar-refractivity contribution in [3.63, 3.8) is 0 Å². The van der Waals surface area contributed by atoms with Crippen molar-refractivity contribution in [1.29, 1.82) is 0 Å². The molecule has 102 valence electrons. The summed E-state index contributed by atoms with van der Waals surface area (Å²) in [5.41, 5.74) is 1.00. The SMILES string of the molecule is CN(c1ccc(F)cc1)S(=O)(=O)c1c[nH]c(CCl)c1. The standard InChI is InChI=1S/C12H12ClFN2O2S/c1-16(11-4-2-9(14)3-5-11)19(17,18)12-6-10(7-13)15-8-12/h2-6,8,15H,7H2,1H3. The summed E-state index contributed by atoms with van der Waals surface area (Å²) in [4.78, 5) is 2.90. The molecule has 0 aliphatic rings. The Labute approximate surface area is 115 Å². The minimum atomic E-state index is -3.67. The molecule has 0 saturated heterocycles. The maximum atomic E-state index is 12.8. The number of H-pyrrole nitrogens is 1. The summed E-state index contributed by atoms with van der Waals surface area (Å²) in [6.07, 6.45) is 1.38. The van der Waals surface area contributed by atoms with Crippen LogP contribution >= 0.6 is 11.6 Å². The number of alkyl halides is 1. The summed E-state index contributed by atoms with van der Waals surface area (Å²) in [6.45, 7) is 0. The topological polar surface area (TPSA) is 53.2 Å². The summed E-state index contributed by atoms with van der Waals surface area (Å²) in [6, 6.07) is 6.71. The van der Waals surface area contributed by atoms with Crippen molar-refractivity contribution in [3.05, 3.63) is 48.0 Å². The zero-order valence-corrected chi connectivity index (χ0v) is 11.7. The average molecular weight is 303 g/mol. The highest BCUT2D eigenvalue weighted by Crippen LogP contribution is 2.23. The van der Waals surface area contributed by atoms with E-state index in [0.29, 0.717) is 11.4 Å². The maximum Gasteiger partial charge on any atom is 0.265 e. The van der Waals surface area contributed by atoms with Crippen LogP contribution in [0.25, 0.3) is 0 Å². The van der Waals surface area contributed by atoms with E-state index in [2.05, 4.69) is 4.98 Å². The summed E-state index contributed by atoms with van der Waals surface area (Å²) >= 11 is 5.62. The summed E-state index contributed by atoms with van der Waals surface area (Å²) in [5.74, 6) is -0.212. The summed E-state index contributed by atoms with van der Waals surface area (Å²) in [5, 5.41) is 0. The van der Waals surface area contributed by atoms with Crippen molar-refractivity contribution < 1.29 is 12.8 Å². The molecule has 0 fully saturated rings. The van der Waals surface area contributed by atoms with Gasteiger partial charge in [-0.05, 0) is 30.3 Å². The van der Waals surface area contributed by atoms with Crippen molar-refractivity contribution in [2.45, 2.75) is 10.8 Å². The summed E-state index contributed by atoms with van der Waals surface area (Å²) in [7, 11) is -2.26. The Hall–Kier alpha value is -1.53. The van der Waals surface area contributed by atoms with Gasteiger partial charge < -0.3 is 4.98 Å². The van der Waals surface area contributed by atoms with E-state index in [9.17, 15) is 12.8 Å². The molecule has 0 unspecified atom stereocenters. The van der Waals surface area contributed by atoms with Gasteiger partial charge in [-0.25, -0.2) is 12.8 Å². The molecule has 0 radical (unpaired) electrons. The molecule has 0 aliphatic heterocycles. The Balaban J connectivity index is 2.36. The van der Waals surface area contributed by atoms with Crippen LogP contribution in [0.5, 0.6) is 0 Å². The lowest BCUT2D eigenvalue weighted by Gasteiger charge is -2.18. The van der Waals surface area contributed by atoms with E-state index in [1.807, 2.05) is 0 Å². The van der Waals surface area contributed by atoms with Gasteiger partial charge in [0.15, 0.2) is 0 Å². The molecule has 0 amide bonds. The first-order valence-electron chi connectivity index (χ1n) is 5.43. The van der Waals surface area contributed by atoms with Crippen LogP contribution in [-0.2, 0) is 15.9 Å². The number of rotatable bonds is 4. The van der Waals surface area contributed by atoms with Crippen LogP contribution in [0.2, 0.25) is 0 Å². The second kappa shape index (κ2) is 5.22. The Morgan fingerprint density at radius 1 is 1.32 bits per heavy atom. The fourth-order valence-electron chi connectivity index (χ4n) is 1.59. The number of hydrogen-bond acceptors (Lipinski definition) is 2. The second-order valence-electron chi connectivity index (χ2n) is 3.94. The van der Waals surface area contributed by atoms with E-state index in [1.165, 1.54) is 43.6 Å². The third-order valence-corrected chi connectivity index (χ3v) is 4.76. The van der Waals surface area contributed by atoms with Crippen LogP contribution in [0.4, 0.5) is 10.1 Å². The number of aromatic amines is 1. The fourth-order valence-corrected chi connectivity index (χ4v) is 2.96. The lowest BCUT2D eigenvalue weighted by molar-refractivity contribution is 0.594. The molecule has 1 N–H and O–H groups in total. The van der Waals surface area contributed by atoms with Gasteiger partial charge >= 0.3 is 0 Å². The van der Waals surface area contributed by atoms with E-state index >= 15 is 0 Å². The van der Waals surface area contributed by atoms with Gasteiger partial charge in [0.2, 0.25) is 0 Å². The first-order chi connectivity index (χ1) is 8.95. The van der Waals surface area contributed by atoms with Crippen LogP contribution in [0.15, 0.2) is 41.4 Å². The quantitative estimate of drug-likeness (QED) is 0.883. The zero-order chi connectivity index (χ0) is 14.0. The molecular formula is C12H12ClFN2O2S. The average Bonchev–Trinajstić information content (AvgIpc) is 2.88. The number of halogens is 2. The molecular weight excluding hydrogens is 291 g/mol. The van der Waals surface area contributed by atoms with Gasteiger partial charge in [0.1, 0.15) is 10.7 Å². The predicted molar refractivity (Wildman–Crippen MR) is 72.3 cm³/mol.